The summed E-state index contributed by atoms with van der Waals surface area (Å²) >= 11 is 0. The van der Waals surface area contributed by atoms with E-state index in [0.717, 1.165) is 12.8 Å². The Labute approximate surface area is 80.9 Å². The Balaban J connectivity index is -0.000000320. The molecule has 0 fully saturated rings. The van der Waals surface area contributed by atoms with Gasteiger partial charge in [0.25, 0.3) is 0 Å². The third kappa shape index (κ3) is 13.1. The molecule has 68 valence electrons. The van der Waals surface area contributed by atoms with Crippen LogP contribution >= 0.6 is 24.8 Å². The van der Waals surface area contributed by atoms with Gasteiger partial charge in [0, 0.05) is 6.04 Å². The van der Waals surface area contributed by atoms with Gasteiger partial charge in [-0.25, -0.2) is 0 Å². The summed E-state index contributed by atoms with van der Waals surface area (Å²) in [4.78, 5) is 0. The summed E-state index contributed by atoms with van der Waals surface area (Å²) in [6.07, 6.45) is 6.78. The summed E-state index contributed by atoms with van der Waals surface area (Å²) in [5, 5.41) is 0. The second-order valence-electron chi connectivity index (χ2n) is 2.33. The molecule has 0 spiro atoms. The van der Waals surface area contributed by atoms with Gasteiger partial charge in [0.15, 0.2) is 0 Å². The van der Waals surface area contributed by atoms with Crippen molar-refractivity contribution in [2.75, 3.05) is 0 Å². The van der Waals surface area contributed by atoms with E-state index in [1.807, 2.05) is 6.92 Å². The lowest BCUT2D eigenvalue weighted by Gasteiger charge is -2.05. The van der Waals surface area contributed by atoms with Gasteiger partial charge >= 0.3 is 0 Å². The number of terminal acetylenes is 1. The first-order valence-corrected chi connectivity index (χ1v) is 3.14. The lowest BCUT2D eigenvalue weighted by molar-refractivity contribution is 0.597. The van der Waals surface area contributed by atoms with E-state index in [-0.39, 0.29) is 36.9 Å². The average molecular weight is 199 g/mol. The van der Waals surface area contributed by atoms with Gasteiger partial charge in [-0.2, -0.15) is 0 Å². The molecule has 0 aromatic rings. The van der Waals surface area contributed by atoms with Gasteiger partial charge in [-0.1, -0.05) is 5.92 Å². The van der Waals surface area contributed by atoms with Gasteiger partial charge in [0.1, 0.15) is 0 Å². The molecule has 0 amide bonds. The normalized spacial score (nSPS) is 13.3. The van der Waals surface area contributed by atoms with E-state index in [1.54, 1.807) is 0 Å². The van der Waals surface area contributed by atoms with E-state index in [1.165, 1.54) is 0 Å². The molecule has 0 aliphatic heterocycles. The van der Waals surface area contributed by atoms with E-state index in [9.17, 15) is 0 Å². The number of hydrogen-bond donors (Lipinski definition) is 2. The highest BCUT2D eigenvalue weighted by Crippen LogP contribution is 1.95. The Morgan fingerprint density at radius 2 is 1.73 bits per heavy atom. The fraction of sp³-hybridized carbons (Fsp3) is 0.714. The minimum atomic E-state index is -0.115. The summed E-state index contributed by atoms with van der Waals surface area (Å²) in [6.45, 7) is 1.95. The first kappa shape index (κ1) is 17.2. The largest absolute Gasteiger partial charge is 0.328 e. The van der Waals surface area contributed by atoms with E-state index in [4.69, 9.17) is 17.9 Å². The van der Waals surface area contributed by atoms with Crippen molar-refractivity contribution in [2.24, 2.45) is 11.5 Å². The molecule has 0 aromatic carbocycles. The number of halogens is 2. The second kappa shape index (κ2) is 10.1. The molecule has 4 N–H and O–H groups in total. The minimum absolute atomic E-state index is 0. The van der Waals surface area contributed by atoms with Crippen molar-refractivity contribution in [3.8, 4) is 12.3 Å². The van der Waals surface area contributed by atoms with Crippen LogP contribution in [0.4, 0.5) is 0 Å². The SMILES string of the molecule is C#CC(N)CCC(C)N.Cl.Cl. The topological polar surface area (TPSA) is 52.0 Å². The van der Waals surface area contributed by atoms with Gasteiger partial charge in [-0.15, -0.1) is 31.2 Å². The summed E-state index contributed by atoms with van der Waals surface area (Å²) in [6, 6.07) is 0.0976. The molecule has 0 rings (SSSR count). The zero-order valence-corrected chi connectivity index (χ0v) is 8.25. The molecule has 11 heavy (non-hydrogen) atoms. The van der Waals surface area contributed by atoms with Crippen molar-refractivity contribution in [3.63, 3.8) is 0 Å². The van der Waals surface area contributed by atoms with Crippen LogP contribution in [-0.2, 0) is 0 Å². The molecule has 2 nitrogen and oxygen atoms in total. The molecule has 4 heteroatoms. The van der Waals surface area contributed by atoms with E-state index >= 15 is 0 Å². The Hall–Kier alpha value is 0.0600. The third-order valence-electron chi connectivity index (χ3n) is 1.15. The standard InChI is InChI=1S/C7H14N2.2ClH/c1-3-7(9)5-4-6(2)8;;/h1,6-7H,4-5,8-9H2,2H3;2*1H. The van der Waals surface area contributed by atoms with Crippen LogP contribution in [0.3, 0.4) is 0 Å². The van der Waals surface area contributed by atoms with Crippen LogP contribution in [0, 0.1) is 12.3 Å². The van der Waals surface area contributed by atoms with Gasteiger partial charge in [0.05, 0.1) is 6.04 Å². The summed E-state index contributed by atoms with van der Waals surface area (Å²) in [7, 11) is 0. The fourth-order valence-electron chi connectivity index (χ4n) is 0.526. The quantitative estimate of drug-likeness (QED) is 0.664. The molecular weight excluding hydrogens is 183 g/mol. The Bertz CT molecular complexity index is 109. The van der Waals surface area contributed by atoms with E-state index in [0.29, 0.717) is 0 Å². The number of rotatable bonds is 3. The highest BCUT2D eigenvalue weighted by Gasteiger charge is 1.98. The van der Waals surface area contributed by atoms with Gasteiger partial charge in [0.2, 0.25) is 0 Å². The van der Waals surface area contributed by atoms with Crippen molar-refractivity contribution in [3.05, 3.63) is 0 Å². The molecular formula is C7H16Cl2N2. The highest BCUT2D eigenvalue weighted by atomic mass is 35.5. The van der Waals surface area contributed by atoms with Crippen molar-refractivity contribution in [1.29, 1.82) is 0 Å². The molecule has 0 saturated carbocycles. The van der Waals surface area contributed by atoms with Crippen LogP contribution in [0.5, 0.6) is 0 Å². The van der Waals surface area contributed by atoms with Crippen LogP contribution < -0.4 is 11.5 Å². The molecule has 0 radical (unpaired) electrons. The molecule has 2 unspecified atom stereocenters. The Morgan fingerprint density at radius 1 is 1.27 bits per heavy atom. The van der Waals surface area contributed by atoms with Crippen molar-refractivity contribution in [2.45, 2.75) is 31.8 Å². The zero-order chi connectivity index (χ0) is 7.28. The Kier molecular flexibility index (Phi) is 15.8. The maximum atomic E-state index is 5.47. The van der Waals surface area contributed by atoms with Gasteiger partial charge in [-0.05, 0) is 19.8 Å². The van der Waals surface area contributed by atoms with Crippen LogP contribution in [0.2, 0.25) is 0 Å². The molecule has 0 heterocycles. The average Bonchev–Trinajstić information content (AvgIpc) is 1.83. The third-order valence-corrected chi connectivity index (χ3v) is 1.15. The maximum absolute atomic E-state index is 5.47. The summed E-state index contributed by atoms with van der Waals surface area (Å²) in [5.74, 6) is 2.44. The summed E-state index contributed by atoms with van der Waals surface area (Å²) in [5.41, 5.74) is 10.9. The smallest absolute Gasteiger partial charge is 0.0662 e. The predicted octanol–water partition coefficient (Wildman–Crippen LogP) is 0.918. The second-order valence-corrected chi connectivity index (χ2v) is 2.33. The first-order chi connectivity index (χ1) is 4.16. The lowest BCUT2D eigenvalue weighted by Crippen LogP contribution is -2.22. The molecule has 0 aromatic heterocycles. The van der Waals surface area contributed by atoms with Crippen LogP contribution in [0.25, 0.3) is 0 Å². The van der Waals surface area contributed by atoms with Crippen molar-refractivity contribution in [1.82, 2.24) is 0 Å². The Morgan fingerprint density at radius 3 is 2.00 bits per heavy atom. The molecule has 0 aliphatic rings. The monoisotopic (exact) mass is 198 g/mol. The number of nitrogens with two attached hydrogens (primary N) is 2. The predicted molar refractivity (Wildman–Crippen MR) is 54.2 cm³/mol. The van der Waals surface area contributed by atoms with E-state index < -0.39 is 0 Å². The van der Waals surface area contributed by atoms with Crippen LogP contribution in [0.15, 0.2) is 0 Å². The van der Waals surface area contributed by atoms with Gasteiger partial charge < -0.3 is 11.5 Å². The summed E-state index contributed by atoms with van der Waals surface area (Å²) < 4.78 is 0. The first-order valence-electron chi connectivity index (χ1n) is 3.14. The number of hydrogen-bond acceptors (Lipinski definition) is 2. The molecule has 0 saturated heterocycles. The molecule has 0 bridgehead atoms. The minimum Gasteiger partial charge on any atom is -0.328 e. The lowest BCUT2D eigenvalue weighted by atomic mass is 10.1. The van der Waals surface area contributed by atoms with Crippen molar-refractivity contribution < 1.29 is 0 Å². The zero-order valence-electron chi connectivity index (χ0n) is 6.62. The van der Waals surface area contributed by atoms with Crippen LogP contribution in [-0.4, -0.2) is 12.1 Å². The maximum Gasteiger partial charge on any atom is 0.0662 e. The van der Waals surface area contributed by atoms with Gasteiger partial charge in [-0.3, -0.25) is 0 Å². The molecule has 0 aliphatic carbocycles. The highest BCUT2D eigenvalue weighted by molar-refractivity contribution is 5.85. The van der Waals surface area contributed by atoms with Crippen LogP contribution in [0.1, 0.15) is 19.8 Å². The fourth-order valence-corrected chi connectivity index (χ4v) is 0.526. The van der Waals surface area contributed by atoms with E-state index in [2.05, 4.69) is 5.92 Å². The molecule has 2 atom stereocenters. The van der Waals surface area contributed by atoms with Crippen molar-refractivity contribution >= 4 is 24.8 Å².